The number of carboxylic acids is 1. The lowest BCUT2D eigenvalue weighted by atomic mass is 9.85. The topological polar surface area (TPSA) is 37.3 Å². The highest BCUT2D eigenvalue weighted by Gasteiger charge is 2.33. The minimum Gasteiger partial charge on any atom is -0.481 e. The Morgan fingerprint density at radius 1 is 1.28 bits per heavy atom. The molecule has 0 spiro atoms. The van der Waals surface area contributed by atoms with Crippen LogP contribution in [0.2, 0.25) is 0 Å². The van der Waals surface area contributed by atoms with Crippen molar-refractivity contribution < 1.29 is 27.5 Å². The van der Waals surface area contributed by atoms with E-state index in [0.717, 1.165) is 12.1 Å². The number of hydrogen-bond donors (Lipinski definition) is 1. The van der Waals surface area contributed by atoms with Gasteiger partial charge in [0.15, 0.2) is 0 Å². The van der Waals surface area contributed by atoms with Crippen molar-refractivity contribution in [1.29, 1.82) is 0 Å². The largest absolute Gasteiger partial charge is 0.481 e. The van der Waals surface area contributed by atoms with E-state index in [2.05, 4.69) is 0 Å². The summed E-state index contributed by atoms with van der Waals surface area (Å²) in [5.41, 5.74) is -2.37. The molecule has 0 unspecified atom stereocenters. The van der Waals surface area contributed by atoms with E-state index in [9.17, 15) is 22.4 Å². The third-order valence-corrected chi connectivity index (χ3v) is 2.59. The molecule has 0 saturated carbocycles. The summed E-state index contributed by atoms with van der Waals surface area (Å²) in [7, 11) is 0. The maximum absolute atomic E-state index is 13.5. The maximum Gasteiger partial charge on any atom is 0.416 e. The Morgan fingerprint density at radius 3 is 2.22 bits per heavy atom. The van der Waals surface area contributed by atoms with E-state index >= 15 is 0 Å². The van der Waals surface area contributed by atoms with Crippen molar-refractivity contribution in [2.24, 2.45) is 5.41 Å². The van der Waals surface area contributed by atoms with E-state index < -0.39 is 28.9 Å². The SMILES string of the molecule is CC(C)(Cc1ccc(C(F)(F)F)cc1F)C(=O)O. The number of benzene rings is 1. The van der Waals surface area contributed by atoms with Crippen LogP contribution < -0.4 is 0 Å². The molecule has 6 heteroatoms. The third-order valence-electron chi connectivity index (χ3n) is 2.59. The van der Waals surface area contributed by atoms with Gasteiger partial charge >= 0.3 is 12.1 Å². The molecule has 1 aromatic carbocycles. The molecule has 0 aliphatic heterocycles. The number of carbonyl (C=O) groups is 1. The summed E-state index contributed by atoms with van der Waals surface area (Å²) in [4.78, 5) is 10.9. The van der Waals surface area contributed by atoms with Crippen molar-refractivity contribution in [2.75, 3.05) is 0 Å². The molecular formula is C12H12F4O2. The van der Waals surface area contributed by atoms with Gasteiger partial charge in [0.25, 0.3) is 0 Å². The van der Waals surface area contributed by atoms with Crippen LogP contribution in [0.3, 0.4) is 0 Å². The molecule has 0 radical (unpaired) electrons. The summed E-state index contributed by atoms with van der Waals surface area (Å²) in [6.45, 7) is 2.76. The van der Waals surface area contributed by atoms with Crippen LogP contribution in [-0.4, -0.2) is 11.1 Å². The summed E-state index contributed by atoms with van der Waals surface area (Å²) in [5.74, 6) is -2.18. The van der Waals surface area contributed by atoms with Gasteiger partial charge in [0.2, 0.25) is 0 Å². The van der Waals surface area contributed by atoms with Gasteiger partial charge in [-0.25, -0.2) is 4.39 Å². The Kier molecular flexibility index (Phi) is 3.69. The second-order valence-corrected chi connectivity index (χ2v) is 4.67. The van der Waals surface area contributed by atoms with E-state index in [4.69, 9.17) is 5.11 Å². The minimum atomic E-state index is -4.61. The van der Waals surface area contributed by atoms with Crippen LogP contribution in [0.5, 0.6) is 0 Å². The fourth-order valence-electron chi connectivity index (χ4n) is 1.42. The number of carboxylic acid groups (broad SMARTS) is 1. The first kappa shape index (κ1) is 14.5. The standard InChI is InChI=1S/C12H12F4O2/c1-11(2,10(17)18)6-7-3-4-8(5-9(7)13)12(14,15)16/h3-5H,6H2,1-2H3,(H,17,18). The zero-order valence-electron chi connectivity index (χ0n) is 9.81. The van der Waals surface area contributed by atoms with Crippen molar-refractivity contribution >= 4 is 5.97 Å². The molecule has 0 amide bonds. The Bertz CT molecular complexity index is 464. The molecule has 0 atom stereocenters. The molecule has 0 heterocycles. The highest BCUT2D eigenvalue weighted by atomic mass is 19.4. The van der Waals surface area contributed by atoms with Gasteiger partial charge in [0.05, 0.1) is 11.0 Å². The zero-order chi connectivity index (χ0) is 14.1. The van der Waals surface area contributed by atoms with Gasteiger partial charge in [-0.2, -0.15) is 13.2 Å². The number of halogens is 4. The zero-order valence-corrected chi connectivity index (χ0v) is 9.81. The van der Waals surface area contributed by atoms with Gasteiger partial charge in [-0.15, -0.1) is 0 Å². The fraction of sp³-hybridized carbons (Fsp3) is 0.417. The summed E-state index contributed by atoms with van der Waals surface area (Å²) in [6.07, 6.45) is -4.78. The molecule has 0 aliphatic carbocycles. The summed E-state index contributed by atoms with van der Waals surface area (Å²) < 4.78 is 50.4. The molecule has 1 aromatic rings. The molecule has 18 heavy (non-hydrogen) atoms. The molecule has 2 nitrogen and oxygen atoms in total. The highest BCUT2D eigenvalue weighted by Crippen LogP contribution is 2.31. The van der Waals surface area contributed by atoms with E-state index in [1.807, 2.05) is 0 Å². The van der Waals surface area contributed by atoms with Crippen LogP contribution in [0.25, 0.3) is 0 Å². The molecule has 0 bridgehead atoms. The fourth-order valence-corrected chi connectivity index (χ4v) is 1.42. The van der Waals surface area contributed by atoms with Gasteiger partial charge in [0, 0.05) is 0 Å². The molecular weight excluding hydrogens is 252 g/mol. The molecule has 0 aromatic heterocycles. The van der Waals surface area contributed by atoms with Crippen LogP contribution in [0, 0.1) is 11.2 Å². The van der Waals surface area contributed by atoms with Crippen LogP contribution in [0.15, 0.2) is 18.2 Å². The first-order valence-electron chi connectivity index (χ1n) is 5.13. The third kappa shape index (κ3) is 3.21. The maximum atomic E-state index is 13.5. The van der Waals surface area contributed by atoms with E-state index in [1.54, 1.807) is 0 Å². The molecule has 1 rings (SSSR count). The lowest BCUT2D eigenvalue weighted by molar-refractivity contribution is -0.147. The summed E-state index contributed by atoms with van der Waals surface area (Å²) in [5, 5.41) is 8.87. The first-order valence-corrected chi connectivity index (χ1v) is 5.13. The van der Waals surface area contributed by atoms with Gasteiger partial charge in [-0.05, 0) is 38.0 Å². The Hall–Kier alpha value is -1.59. The van der Waals surface area contributed by atoms with Crippen LogP contribution in [0.1, 0.15) is 25.0 Å². The van der Waals surface area contributed by atoms with Crippen molar-refractivity contribution in [3.63, 3.8) is 0 Å². The average Bonchev–Trinajstić information content (AvgIpc) is 2.19. The lowest BCUT2D eigenvalue weighted by Gasteiger charge is -2.19. The van der Waals surface area contributed by atoms with E-state index in [1.165, 1.54) is 13.8 Å². The lowest BCUT2D eigenvalue weighted by Crippen LogP contribution is -2.26. The normalized spacial score (nSPS) is 12.6. The second-order valence-electron chi connectivity index (χ2n) is 4.67. The molecule has 0 aliphatic rings. The molecule has 100 valence electrons. The Balaban J connectivity index is 3.04. The first-order chi connectivity index (χ1) is 8.04. The van der Waals surface area contributed by atoms with Crippen LogP contribution in [-0.2, 0) is 17.4 Å². The summed E-state index contributed by atoms with van der Waals surface area (Å²) >= 11 is 0. The predicted octanol–water partition coefficient (Wildman–Crippen LogP) is 3.50. The van der Waals surface area contributed by atoms with Gasteiger partial charge in [-0.1, -0.05) is 6.07 Å². The number of hydrogen-bond acceptors (Lipinski definition) is 1. The Labute approximate surface area is 101 Å². The van der Waals surface area contributed by atoms with Gasteiger partial charge in [-0.3, -0.25) is 4.79 Å². The minimum absolute atomic E-state index is 0.0459. The van der Waals surface area contributed by atoms with Crippen molar-refractivity contribution in [1.82, 2.24) is 0 Å². The van der Waals surface area contributed by atoms with E-state index in [0.29, 0.717) is 6.07 Å². The second kappa shape index (κ2) is 4.59. The monoisotopic (exact) mass is 264 g/mol. The predicted molar refractivity (Wildman–Crippen MR) is 56.5 cm³/mol. The summed E-state index contributed by atoms with van der Waals surface area (Å²) in [6, 6.07) is 2.10. The smallest absolute Gasteiger partial charge is 0.416 e. The van der Waals surface area contributed by atoms with E-state index in [-0.39, 0.29) is 12.0 Å². The van der Waals surface area contributed by atoms with Crippen LogP contribution in [0.4, 0.5) is 17.6 Å². The quantitative estimate of drug-likeness (QED) is 0.848. The van der Waals surface area contributed by atoms with Crippen molar-refractivity contribution in [3.8, 4) is 0 Å². The number of rotatable bonds is 3. The number of aliphatic carboxylic acids is 1. The van der Waals surface area contributed by atoms with Crippen LogP contribution >= 0.6 is 0 Å². The van der Waals surface area contributed by atoms with Crippen molar-refractivity contribution in [3.05, 3.63) is 35.1 Å². The molecule has 0 saturated heterocycles. The molecule has 1 N–H and O–H groups in total. The Morgan fingerprint density at radius 2 is 1.83 bits per heavy atom. The van der Waals surface area contributed by atoms with Gasteiger partial charge < -0.3 is 5.11 Å². The average molecular weight is 264 g/mol. The van der Waals surface area contributed by atoms with Gasteiger partial charge in [0.1, 0.15) is 5.82 Å². The molecule has 0 fully saturated rings. The van der Waals surface area contributed by atoms with Crippen molar-refractivity contribution in [2.45, 2.75) is 26.4 Å². The number of alkyl halides is 3. The highest BCUT2D eigenvalue weighted by molar-refractivity contribution is 5.74.